The van der Waals surface area contributed by atoms with Crippen molar-refractivity contribution in [2.75, 3.05) is 6.16 Å². The van der Waals surface area contributed by atoms with Crippen LogP contribution in [0.4, 0.5) is 5.69 Å². The summed E-state index contributed by atoms with van der Waals surface area (Å²) in [4.78, 5) is 1.01. The molecule has 2 atom stereocenters. The van der Waals surface area contributed by atoms with E-state index in [0.29, 0.717) is 0 Å². The standard InChI is InChI=1S/C36H42NPS/c1-34(2,3)36(29-21-23-30(39)24-22-29)25-14-26-38(36,35(4,5)6)37-33-31(27-15-9-7-10-16-27)19-13-20-32(33)28-17-11-8-12-18-28/h7-13,15-24,39H,14,25-26H2,1-6H3. The maximum atomic E-state index is 6.22. The molecule has 4 aromatic carbocycles. The van der Waals surface area contributed by atoms with Gasteiger partial charge >= 0.3 is 0 Å². The molecule has 1 aliphatic rings. The second-order valence-corrected chi connectivity index (χ2v) is 17.8. The largest absolute Gasteiger partial charge is 0.265 e. The van der Waals surface area contributed by atoms with Gasteiger partial charge in [-0.3, -0.25) is 4.74 Å². The van der Waals surface area contributed by atoms with Crippen molar-refractivity contribution in [3.05, 3.63) is 109 Å². The number of nitrogens with zero attached hydrogens (tertiary/aromatic N) is 1. The van der Waals surface area contributed by atoms with Crippen molar-refractivity contribution in [2.24, 2.45) is 10.2 Å². The first-order valence-corrected chi connectivity index (χ1v) is 16.5. The molecule has 202 valence electrons. The van der Waals surface area contributed by atoms with Gasteiger partial charge in [-0.15, -0.1) is 12.6 Å². The van der Waals surface area contributed by atoms with E-state index in [2.05, 4.69) is 157 Å². The van der Waals surface area contributed by atoms with Gasteiger partial charge in [0.2, 0.25) is 0 Å². The van der Waals surface area contributed by atoms with Crippen LogP contribution >= 0.6 is 19.7 Å². The minimum Gasteiger partial charge on any atom is -0.265 e. The third-order valence-electron chi connectivity index (χ3n) is 8.82. The maximum absolute atomic E-state index is 6.22. The predicted octanol–water partition coefficient (Wildman–Crippen LogP) is 11.7. The zero-order valence-corrected chi connectivity index (χ0v) is 26.1. The molecule has 1 heterocycles. The SMILES string of the molecule is CC(C)(C)C1(c2ccc(S)cc2)CCCP1(=Nc1c(-c2ccccc2)cccc1-c1ccccc1)C(C)(C)C. The summed E-state index contributed by atoms with van der Waals surface area (Å²) in [5.41, 5.74) is 7.50. The Kier molecular flexibility index (Phi) is 7.51. The number of rotatable bonds is 4. The van der Waals surface area contributed by atoms with E-state index in [-0.39, 0.29) is 15.7 Å². The Labute approximate surface area is 241 Å². The lowest BCUT2D eigenvalue weighted by atomic mass is 9.73. The molecule has 39 heavy (non-hydrogen) atoms. The van der Waals surface area contributed by atoms with Gasteiger partial charge in [-0.05, 0) is 65.5 Å². The molecular weight excluding hydrogens is 509 g/mol. The van der Waals surface area contributed by atoms with Crippen molar-refractivity contribution in [1.82, 2.24) is 0 Å². The Morgan fingerprint density at radius 3 is 1.64 bits per heavy atom. The molecule has 0 radical (unpaired) electrons. The fraction of sp³-hybridized carbons (Fsp3) is 0.333. The second-order valence-electron chi connectivity index (χ2n) is 13.0. The molecule has 1 aliphatic heterocycles. The smallest absolute Gasteiger partial charge is 0.0770 e. The number of hydrogen-bond acceptors (Lipinski definition) is 2. The molecule has 1 fully saturated rings. The van der Waals surface area contributed by atoms with Crippen LogP contribution in [0.3, 0.4) is 0 Å². The number of thiol groups is 1. The summed E-state index contributed by atoms with van der Waals surface area (Å²) in [5.74, 6) is 0. The fourth-order valence-corrected chi connectivity index (χ4v) is 13.4. The highest BCUT2D eigenvalue weighted by atomic mass is 32.1. The second kappa shape index (κ2) is 10.5. The Bertz CT molecular complexity index is 1430. The number of benzene rings is 4. The molecule has 1 nitrogen and oxygen atoms in total. The van der Waals surface area contributed by atoms with Gasteiger partial charge in [0.25, 0.3) is 0 Å². The Morgan fingerprint density at radius 2 is 1.18 bits per heavy atom. The molecule has 0 N–H and O–H groups in total. The van der Waals surface area contributed by atoms with Crippen LogP contribution in [-0.4, -0.2) is 11.3 Å². The van der Waals surface area contributed by atoms with Crippen molar-refractivity contribution in [1.29, 1.82) is 0 Å². The quantitative estimate of drug-likeness (QED) is 0.191. The maximum Gasteiger partial charge on any atom is 0.0770 e. The first-order valence-electron chi connectivity index (χ1n) is 14.2. The van der Waals surface area contributed by atoms with Crippen LogP contribution in [-0.2, 0) is 5.16 Å². The molecule has 4 aromatic rings. The highest BCUT2D eigenvalue weighted by Gasteiger charge is 2.61. The molecule has 0 aromatic heterocycles. The van der Waals surface area contributed by atoms with E-state index in [1.165, 1.54) is 34.2 Å². The van der Waals surface area contributed by atoms with Crippen LogP contribution in [0.1, 0.15) is 59.9 Å². The highest BCUT2D eigenvalue weighted by molar-refractivity contribution is 7.80. The van der Waals surface area contributed by atoms with Gasteiger partial charge in [-0.1, -0.05) is 133 Å². The van der Waals surface area contributed by atoms with E-state index in [9.17, 15) is 0 Å². The van der Waals surface area contributed by atoms with Gasteiger partial charge in [-0.2, -0.15) is 0 Å². The Balaban J connectivity index is 1.94. The zero-order chi connectivity index (χ0) is 27.9. The van der Waals surface area contributed by atoms with Crippen molar-refractivity contribution in [3.8, 4) is 22.3 Å². The normalized spacial score (nSPS) is 21.6. The lowest BCUT2D eigenvalue weighted by Gasteiger charge is -2.55. The van der Waals surface area contributed by atoms with Gasteiger partial charge in [0, 0.05) is 21.2 Å². The summed E-state index contributed by atoms with van der Waals surface area (Å²) in [5, 5.41) is -0.0222. The molecule has 3 heteroatoms. The monoisotopic (exact) mass is 551 g/mol. The lowest BCUT2D eigenvalue weighted by molar-refractivity contribution is 0.266. The van der Waals surface area contributed by atoms with Crippen molar-refractivity contribution in [2.45, 2.75) is 69.6 Å². The molecule has 5 rings (SSSR count). The minimum absolute atomic E-state index is 0.0220. The fourth-order valence-electron chi connectivity index (χ4n) is 7.11. The van der Waals surface area contributed by atoms with Gasteiger partial charge < -0.3 is 0 Å². The van der Waals surface area contributed by atoms with Crippen LogP contribution in [0.15, 0.2) is 113 Å². The van der Waals surface area contributed by atoms with E-state index >= 15 is 0 Å². The molecule has 0 aliphatic carbocycles. The molecular formula is C36H42NPS. The Hall–Kier alpha value is -2.54. The van der Waals surface area contributed by atoms with Crippen LogP contribution in [0, 0.1) is 5.41 Å². The predicted molar refractivity (Wildman–Crippen MR) is 175 cm³/mol. The Morgan fingerprint density at radius 1 is 0.667 bits per heavy atom. The third-order valence-corrected chi connectivity index (χ3v) is 15.3. The van der Waals surface area contributed by atoms with Gasteiger partial charge in [0.05, 0.1) is 5.69 Å². The first-order chi connectivity index (χ1) is 18.5. The van der Waals surface area contributed by atoms with E-state index in [1.54, 1.807) is 0 Å². The van der Waals surface area contributed by atoms with Crippen LogP contribution in [0.5, 0.6) is 0 Å². The van der Waals surface area contributed by atoms with E-state index in [4.69, 9.17) is 4.74 Å². The summed E-state index contributed by atoms with van der Waals surface area (Å²) in [6, 6.07) is 37.4. The van der Waals surface area contributed by atoms with Gasteiger partial charge in [0.15, 0.2) is 0 Å². The molecule has 0 amide bonds. The van der Waals surface area contributed by atoms with Gasteiger partial charge in [-0.25, -0.2) is 0 Å². The van der Waals surface area contributed by atoms with Gasteiger partial charge in [0.1, 0.15) is 0 Å². The van der Waals surface area contributed by atoms with E-state index < -0.39 is 7.05 Å². The summed E-state index contributed by atoms with van der Waals surface area (Å²) in [6.45, 7) is 14.7. The van der Waals surface area contributed by atoms with E-state index in [1.807, 2.05) is 0 Å². The van der Waals surface area contributed by atoms with E-state index in [0.717, 1.165) is 23.2 Å². The van der Waals surface area contributed by atoms with Crippen LogP contribution < -0.4 is 0 Å². The third kappa shape index (κ3) is 4.75. The highest BCUT2D eigenvalue weighted by Crippen LogP contribution is 2.83. The van der Waals surface area contributed by atoms with Crippen LogP contribution in [0.2, 0.25) is 0 Å². The summed E-state index contributed by atoms with van der Waals surface area (Å²) in [6.07, 6.45) is 3.52. The molecule has 0 bridgehead atoms. The minimum atomic E-state index is -2.05. The molecule has 1 saturated heterocycles. The van der Waals surface area contributed by atoms with Crippen molar-refractivity contribution in [3.63, 3.8) is 0 Å². The average Bonchev–Trinajstić information content (AvgIpc) is 3.32. The molecule has 0 spiro atoms. The first kappa shape index (κ1) is 28.0. The molecule has 0 saturated carbocycles. The molecule has 2 unspecified atom stereocenters. The zero-order valence-electron chi connectivity index (χ0n) is 24.3. The number of hydrogen-bond donors (Lipinski definition) is 1. The summed E-state index contributed by atoms with van der Waals surface area (Å²) in [7, 11) is -2.05. The van der Waals surface area contributed by atoms with Crippen molar-refractivity contribution < 1.29 is 0 Å². The topological polar surface area (TPSA) is 12.4 Å². The lowest BCUT2D eigenvalue weighted by Crippen LogP contribution is -2.42. The van der Waals surface area contributed by atoms with Crippen molar-refractivity contribution >= 4 is 25.4 Å². The van der Waals surface area contributed by atoms with Crippen LogP contribution in [0.25, 0.3) is 22.3 Å². The average molecular weight is 552 g/mol. The summed E-state index contributed by atoms with van der Waals surface area (Å²) >= 11 is 4.65. The summed E-state index contributed by atoms with van der Waals surface area (Å²) < 4.78 is 6.22.